The number of carbonyl (C=O) groups excluding carboxylic acids is 4. The lowest BCUT2D eigenvalue weighted by Crippen LogP contribution is -2.52. The largest absolute Gasteiger partial charge is 0.453 e. The van der Waals surface area contributed by atoms with Gasteiger partial charge in [-0.1, -0.05) is 95.1 Å². The van der Waals surface area contributed by atoms with Crippen molar-refractivity contribution in [3.8, 4) is 22.4 Å². The summed E-state index contributed by atoms with van der Waals surface area (Å²) in [4.78, 5) is 72.9. The summed E-state index contributed by atoms with van der Waals surface area (Å²) >= 11 is 0. The van der Waals surface area contributed by atoms with Crippen LogP contribution in [0.25, 0.3) is 44.2 Å². The average molecular weight is 833 g/mol. The monoisotopic (exact) mass is 832 g/mol. The van der Waals surface area contributed by atoms with Gasteiger partial charge in [-0.05, 0) is 64.9 Å². The molecule has 1 spiro atoms. The van der Waals surface area contributed by atoms with Crippen LogP contribution in [0, 0.1) is 11.8 Å². The van der Waals surface area contributed by atoms with E-state index in [1.165, 1.54) is 39.1 Å². The Labute approximate surface area is 351 Å². The molecule has 15 heteroatoms. The lowest BCUT2D eigenvalue weighted by Gasteiger charge is -2.30. The van der Waals surface area contributed by atoms with E-state index in [4.69, 9.17) is 19.4 Å². The van der Waals surface area contributed by atoms with Crippen LogP contribution < -0.4 is 10.6 Å². The minimum Gasteiger partial charge on any atom is -0.453 e. The molecule has 0 bridgehead atoms. The molecule has 4 N–H and O–H groups in total. The molecule has 316 valence electrons. The van der Waals surface area contributed by atoms with Crippen LogP contribution >= 0.6 is 0 Å². The number of carbonyl (C=O) groups is 4. The number of rotatable bonds is 10. The fourth-order valence-corrected chi connectivity index (χ4v) is 15.2. The van der Waals surface area contributed by atoms with E-state index in [1.54, 1.807) is 0 Å². The number of alkyl carbamates (subject to hydrolysis) is 2. The van der Waals surface area contributed by atoms with Gasteiger partial charge in [0.2, 0.25) is 11.8 Å². The maximum absolute atomic E-state index is 14.1. The van der Waals surface area contributed by atoms with Crippen LogP contribution in [0.3, 0.4) is 0 Å². The molecule has 0 radical (unpaired) electrons. The number of H-pyrrole nitrogens is 2. The molecule has 3 aromatic carbocycles. The van der Waals surface area contributed by atoms with E-state index >= 15 is 0 Å². The van der Waals surface area contributed by atoms with E-state index in [0.717, 1.165) is 80.9 Å². The predicted octanol–water partition coefficient (Wildman–Crippen LogP) is 7.86. The SMILES string of the molecule is COC(=O)N[C@H](C(=O)N1C[Si]2(CCCC2)C[C@H]1c1ncc(-c2ccc(-c3ccc4c(ccc5[nH]c([C@@H]6CCCN6C(=O)[C@@H](NC(=O)OC)C(C)C)nc54)c3)cc2)[nH]1)C(C)C. The lowest BCUT2D eigenvalue weighted by molar-refractivity contribution is -0.136. The highest BCUT2D eigenvalue weighted by atomic mass is 28.3. The molecule has 3 fully saturated rings. The summed E-state index contributed by atoms with van der Waals surface area (Å²) in [6.07, 6.45) is 5.50. The zero-order chi connectivity index (χ0) is 42.3. The molecule has 60 heavy (non-hydrogen) atoms. The summed E-state index contributed by atoms with van der Waals surface area (Å²) in [6, 6.07) is 20.7. The smallest absolute Gasteiger partial charge is 0.407 e. The van der Waals surface area contributed by atoms with Crippen LogP contribution in [-0.4, -0.2) is 101 Å². The minimum atomic E-state index is -1.68. The second-order valence-electron chi connectivity index (χ2n) is 17.6. The summed E-state index contributed by atoms with van der Waals surface area (Å²) in [5, 5.41) is 7.59. The molecule has 0 aliphatic carbocycles. The Morgan fingerprint density at radius 1 is 0.750 bits per heavy atom. The van der Waals surface area contributed by atoms with Gasteiger partial charge in [0.1, 0.15) is 23.7 Å². The predicted molar refractivity (Wildman–Crippen MR) is 233 cm³/mol. The highest BCUT2D eigenvalue weighted by Crippen LogP contribution is 2.46. The zero-order valence-electron chi connectivity index (χ0n) is 35.3. The number of benzene rings is 3. The average Bonchev–Trinajstić information content (AvgIpc) is 4.11. The van der Waals surface area contributed by atoms with Crippen molar-refractivity contribution >= 4 is 53.9 Å². The van der Waals surface area contributed by atoms with Crippen LogP contribution in [0.15, 0.2) is 60.8 Å². The Bertz CT molecular complexity index is 2400. The first-order valence-corrected chi connectivity index (χ1v) is 24.1. The Morgan fingerprint density at radius 2 is 1.38 bits per heavy atom. The number of nitrogens with one attached hydrogen (secondary N) is 4. The van der Waals surface area contributed by atoms with Crippen LogP contribution in [0.4, 0.5) is 9.59 Å². The molecule has 3 aliphatic heterocycles. The summed E-state index contributed by atoms with van der Waals surface area (Å²) in [5.74, 6) is 1.13. The Hall–Kier alpha value is -5.70. The van der Waals surface area contributed by atoms with Gasteiger partial charge in [0.15, 0.2) is 0 Å². The van der Waals surface area contributed by atoms with Gasteiger partial charge in [-0.3, -0.25) is 9.59 Å². The topological polar surface area (TPSA) is 175 Å². The number of hydrogen-bond acceptors (Lipinski definition) is 8. The first kappa shape index (κ1) is 41.0. The van der Waals surface area contributed by atoms with Gasteiger partial charge in [-0.15, -0.1) is 0 Å². The van der Waals surface area contributed by atoms with E-state index in [2.05, 4.69) is 69.1 Å². The lowest BCUT2D eigenvalue weighted by atomic mass is 9.99. The first-order chi connectivity index (χ1) is 28.9. The summed E-state index contributed by atoms with van der Waals surface area (Å²) in [6.45, 7) is 8.31. The standard InChI is InChI=1S/C45H56N8O6Si/c1-26(2)37(50-44(56)58-5)42(54)52-19-9-10-35(52)41-47-33-18-16-31-22-30(15-17-32(31)39(33)49-41)28-11-13-29(14-12-28)34-23-46-40(48-34)36-24-60(20-7-8-21-60)25-53(36)43(55)38(27(3)4)51-45(57)59-6/h11-18,22-23,26-27,35-38H,7-10,19-21,24-25H2,1-6H3,(H,46,48)(H,47,49)(H,50,56)(H,51,57)/t35-,36-,37-,38-/m0/s1. The summed E-state index contributed by atoms with van der Waals surface area (Å²) in [5.41, 5.74) is 5.80. The Morgan fingerprint density at radius 3 is 2.03 bits per heavy atom. The number of ether oxygens (including phenoxy) is 2. The molecule has 0 unspecified atom stereocenters. The van der Waals surface area contributed by atoms with Crippen LogP contribution in [0.2, 0.25) is 18.1 Å². The van der Waals surface area contributed by atoms with Crippen LogP contribution in [0.5, 0.6) is 0 Å². The van der Waals surface area contributed by atoms with E-state index in [9.17, 15) is 19.2 Å². The maximum Gasteiger partial charge on any atom is 0.407 e. The van der Waals surface area contributed by atoms with E-state index in [1.807, 2.05) is 49.8 Å². The van der Waals surface area contributed by atoms with Crippen molar-refractivity contribution < 1.29 is 28.7 Å². The summed E-state index contributed by atoms with van der Waals surface area (Å²) in [7, 11) is 0.936. The molecule has 3 aliphatic rings. The molecular weight excluding hydrogens is 777 g/mol. The number of aromatic amines is 2. The Balaban J connectivity index is 1.00. The molecule has 4 atom stereocenters. The molecule has 3 saturated heterocycles. The number of hydrogen-bond donors (Lipinski definition) is 4. The normalized spacial score (nSPS) is 19.7. The number of nitrogens with zero attached hydrogens (tertiary/aromatic N) is 4. The van der Waals surface area contributed by atoms with Crippen molar-refractivity contribution in [2.45, 2.75) is 95.7 Å². The van der Waals surface area contributed by atoms with Crippen LogP contribution in [-0.2, 0) is 19.1 Å². The second kappa shape index (κ2) is 16.7. The second-order valence-corrected chi connectivity index (χ2v) is 22.3. The highest BCUT2D eigenvalue weighted by molar-refractivity contribution is 6.81. The van der Waals surface area contributed by atoms with Gasteiger partial charge >= 0.3 is 12.2 Å². The molecule has 2 aromatic heterocycles. The third-order valence-electron chi connectivity index (χ3n) is 13.0. The number of likely N-dealkylation sites (tertiary alicyclic amines) is 1. The molecule has 4 amide bonds. The van der Waals surface area contributed by atoms with Crippen LogP contribution in [0.1, 0.15) is 77.1 Å². The van der Waals surface area contributed by atoms with Gasteiger partial charge in [0, 0.05) is 18.1 Å². The minimum absolute atomic E-state index is 0.0681. The maximum atomic E-state index is 14.1. The number of aromatic nitrogens is 4. The van der Waals surface area contributed by atoms with Gasteiger partial charge < -0.3 is 39.9 Å². The van der Waals surface area contributed by atoms with Crippen molar-refractivity contribution in [3.63, 3.8) is 0 Å². The van der Waals surface area contributed by atoms with Gasteiger partial charge in [0.25, 0.3) is 0 Å². The van der Waals surface area contributed by atoms with Crippen molar-refractivity contribution in [2.75, 3.05) is 26.9 Å². The highest BCUT2D eigenvalue weighted by Gasteiger charge is 2.51. The van der Waals surface area contributed by atoms with Gasteiger partial charge in [-0.2, -0.15) is 0 Å². The quantitative estimate of drug-likeness (QED) is 0.103. The summed E-state index contributed by atoms with van der Waals surface area (Å²) < 4.78 is 9.66. The molecular formula is C45H56N8O6Si. The zero-order valence-corrected chi connectivity index (χ0v) is 36.3. The van der Waals surface area contributed by atoms with Crippen molar-refractivity contribution in [3.05, 3.63) is 72.4 Å². The van der Waals surface area contributed by atoms with E-state index < -0.39 is 32.3 Å². The number of imidazole rings is 2. The number of amides is 4. The molecule has 8 rings (SSSR count). The third kappa shape index (κ3) is 7.86. The van der Waals surface area contributed by atoms with Crippen molar-refractivity contribution in [1.29, 1.82) is 0 Å². The molecule has 0 saturated carbocycles. The van der Waals surface area contributed by atoms with Crippen molar-refractivity contribution in [2.24, 2.45) is 11.8 Å². The van der Waals surface area contributed by atoms with Gasteiger partial charge in [-0.25, -0.2) is 19.6 Å². The van der Waals surface area contributed by atoms with E-state index in [-0.39, 0.29) is 35.7 Å². The molecule has 5 heterocycles. The first-order valence-electron chi connectivity index (χ1n) is 21.3. The molecule has 5 aromatic rings. The Kier molecular flexibility index (Phi) is 11.5. The molecule has 14 nitrogen and oxygen atoms in total. The fraction of sp³-hybridized carbons (Fsp3) is 0.467. The van der Waals surface area contributed by atoms with E-state index in [0.29, 0.717) is 6.54 Å². The number of fused-ring (bicyclic) bond motifs is 3. The fourth-order valence-electron chi connectivity index (χ4n) is 9.74. The van der Waals surface area contributed by atoms with Crippen molar-refractivity contribution in [1.82, 2.24) is 40.4 Å². The number of methoxy groups -OCH3 is 2. The third-order valence-corrected chi connectivity index (χ3v) is 18.1. The van der Waals surface area contributed by atoms with Gasteiger partial charge in [0.05, 0.1) is 57.3 Å².